The number of carbonyl (C=O) groups is 1. The van der Waals surface area contributed by atoms with Crippen LogP contribution >= 0.6 is 0 Å². The van der Waals surface area contributed by atoms with Gasteiger partial charge in [-0.2, -0.15) is 4.73 Å². The van der Waals surface area contributed by atoms with E-state index >= 15 is 0 Å². The average molecular weight is 243 g/mol. The Morgan fingerprint density at radius 2 is 1.78 bits per heavy atom. The second kappa shape index (κ2) is 4.49. The molecule has 0 saturated carbocycles. The normalized spacial score (nSPS) is 10.3. The summed E-state index contributed by atoms with van der Waals surface area (Å²) in [4.78, 5) is 10.8. The summed E-state index contributed by atoms with van der Waals surface area (Å²) in [5, 5.41) is 20.2. The van der Waals surface area contributed by atoms with E-state index in [1.165, 1.54) is 6.20 Å². The van der Waals surface area contributed by atoms with Gasteiger partial charge in [-0.1, -0.05) is 12.1 Å². The number of carboxylic acids is 1. The lowest BCUT2D eigenvalue weighted by molar-refractivity contribution is -0.612. The predicted octanol–water partition coefficient (Wildman–Crippen LogP) is 2.30. The molecule has 0 bridgehead atoms. The van der Waals surface area contributed by atoms with E-state index in [-0.39, 0.29) is 5.56 Å². The molecular weight excluding hydrogens is 230 g/mol. The van der Waals surface area contributed by atoms with Crippen LogP contribution in [0.25, 0.3) is 11.1 Å². The van der Waals surface area contributed by atoms with Crippen LogP contribution in [0.15, 0.2) is 36.5 Å². The van der Waals surface area contributed by atoms with Gasteiger partial charge in [-0.25, -0.2) is 4.79 Å². The quantitative estimate of drug-likeness (QED) is 0.650. The highest BCUT2D eigenvalue weighted by molar-refractivity contribution is 5.88. The fourth-order valence-corrected chi connectivity index (χ4v) is 1.84. The van der Waals surface area contributed by atoms with E-state index in [1.807, 2.05) is 6.92 Å². The third kappa shape index (κ3) is 2.05. The zero-order valence-electron chi connectivity index (χ0n) is 10.2. The van der Waals surface area contributed by atoms with E-state index in [2.05, 4.69) is 0 Å². The maximum atomic E-state index is 11.4. The first-order valence-electron chi connectivity index (χ1n) is 5.54. The summed E-state index contributed by atoms with van der Waals surface area (Å²) in [7, 11) is 0. The maximum absolute atomic E-state index is 11.4. The Morgan fingerprint density at radius 1 is 1.17 bits per heavy atom. The molecule has 0 unspecified atom stereocenters. The molecule has 1 aromatic carbocycles. The molecule has 2 aromatic rings. The van der Waals surface area contributed by atoms with Gasteiger partial charge in [0.05, 0.1) is 5.56 Å². The molecule has 0 aliphatic carbocycles. The minimum Gasteiger partial charge on any atom is -0.619 e. The fourth-order valence-electron chi connectivity index (χ4n) is 1.84. The highest BCUT2D eigenvalue weighted by Crippen LogP contribution is 2.24. The van der Waals surface area contributed by atoms with Crippen LogP contribution in [0.5, 0.6) is 0 Å². The highest BCUT2D eigenvalue weighted by Gasteiger charge is 2.11. The fraction of sp³-hybridized carbons (Fsp3) is 0.143. The zero-order valence-corrected chi connectivity index (χ0v) is 10.2. The van der Waals surface area contributed by atoms with Gasteiger partial charge in [0.1, 0.15) is 0 Å². The van der Waals surface area contributed by atoms with Crippen LogP contribution in [0.4, 0.5) is 0 Å². The van der Waals surface area contributed by atoms with E-state index < -0.39 is 5.97 Å². The Bertz CT molecular complexity index is 603. The van der Waals surface area contributed by atoms with E-state index in [9.17, 15) is 10.0 Å². The van der Waals surface area contributed by atoms with E-state index in [4.69, 9.17) is 5.11 Å². The van der Waals surface area contributed by atoms with Crippen LogP contribution in [0.1, 0.15) is 21.6 Å². The smallest absolute Gasteiger partial charge is 0.335 e. The van der Waals surface area contributed by atoms with Crippen molar-refractivity contribution in [1.29, 1.82) is 0 Å². The molecule has 0 spiro atoms. The minimum absolute atomic E-state index is 0.253. The lowest BCUT2D eigenvalue weighted by Crippen LogP contribution is -2.30. The number of aromatic carboxylic acids is 1. The van der Waals surface area contributed by atoms with Crippen LogP contribution in [0.2, 0.25) is 0 Å². The molecule has 18 heavy (non-hydrogen) atoms. The molecule has 0 fully saturated rings. The lowest BCUT2D eigenvalue weighted by Gasteiger charge is -2.09. The van der Waals surface area contributed by atoms with Crippen molar-refractivity contribution in [2.75, 3.05) is 0 Å². The Hall–Kier alpha value is -2.36. The predicted molar refractivity (Wildman–Crippen MR) is 67.3 cm³/mol. The van der Waals surface area contributed by atoms with Gasteiger partial charge in [-0.05, 0) is 30.2 Å². The SMILES string of the molecule is Cc1c(-c2ccc(C(=O)O)cc2)cc[n+]([O-])c1C. The maximum Gasteiger partial charge on any atom is 0.335 e. The average Bonchev–Trinajstić information content (AvgIpc) is 2.36. The molecule has 1 aromatic heterocycles. The second-order valence-corrected chi connectivity index (χ2v) is 4.15. The summed E-state index contributed by atoms with van der Waals surface area (Å²) in [5.74, 6) is -0.945. The number of hydrogen-bond donors (Lipinski definition) is 1. The summed E-state index contributed by atoms with van der Waals surface area (Å²) in [6.07, 6.45) is 1.46. The third-order valence-electron chi connectivity index (χ3n) is 3.10. The minimum atomic E-state index is -0.945. The van der Waals surface area contributed by atoms with Crippen molar-refractivity contribution in [3.05, 3.63) is 58.6 Å². The summed E-state index contributed by atoms with van der Waals surface area (Å²) in [6.45, 7) is 3.64. The monoisotopic (exact) mass is 243 g/mol. The van der Waals surface area contributed by atoms with Gasteiger partial charge in [-0.3, -0.25) is 0 Å². The second-order valence-electron chi connectivity index (χ2n) is 4.15. The molecule has 0 saturated heterocycles. The molecule has 0 atom stereocenters. The van der Waals surface area contributed by atoms with Crippen molar-refractivity contribution < 1.29 is 14.6 Å². The Kier molecular flexibility index (Phi) is 3.02. The molecule has 1 N–H and O–H groups in total. The standard InChI is InChI=1S/C14H13NO3/c1-9-10(2)15(18)8-7-13(9)11-3-5-12(6-4-11)14(16)17/h3-8H,1-2H3,(H,16,17). The molecule has 4 heteroatoms. The number of rotatable bonds is 2. The number of aromatic nitrogens is 1. The van der Waals surface area contributed by atoms with Crippen LogP contribution < -0.4 is 4.73 Å². The van der Waals surface area contributed by atoms with Gasteiger partial charge in [0.25, 0.3) is 0 Å². The van der Waals surface area contributed by atoms with Gasteiger partial charge >= 0.3 is 5.97 Å². The largest absolute Gasteiger partial charge is 0.619 e. The summed E-state index contributed by atoms with van der Waals surface area (Å²) < 4.78 is 0.824. The van der Waals surface area contributed by atoms with Gasteiger partial charge < -0.3 is 10.3 Å². The number of nitrogens with zero attached hydrogens (tertiary/aromatic N) is 1. The van der Waals surface area contributed by atoms with Crippen molar-refractivity contribution in [3.8, 4) is 11.1 Å². The van der Waals surface area contributed by atoms with Gasteiger partial charge in [0, 0.05) is 18.6 Å². The summed E-state index contributed by atoms with van der Waals surface area (Å²) in [6, 6.07) is 8.36. The first kappa shape index (κ1) is 12.1. The van der Waals surface area contributed by atoms with Crippen LogP contribution in [-0.2, 0) is 0 Å². The van der Waals surface area contributed by atoms with Crippen molar-refractivity contribution in [2.45, 2.75) is 13.8 Å². The summed E-state index contributed by atoms with van der Waals surface area (Å²) in [5.41, 5.74) is 3.64. The van der Waals surface area contributed by atoms with Crippen molar-refractivity contribution >= 4 is 5.97 Å². The molecule has 0 aliphatic heterocycles. The van der Waals surface area contributed by atoms with Crippen molar-refractivity contribution in [2.24, 2.45) is 0 Å². The number of pyridine rings is 1. The first-order chi connectivity index (χ1) is 8.50. The Balaban J connectivity index is 2.49. The first-order valence-corrected chi connectivity index (χ1v) is 5.54. The van der Waals surface area contributed by atoms with E-state index in [0.717, 1.165) is 21.4 Å². The molecule has 0 radical (unpaired) electrons. The van der Waals surface area contributed by atoms with Crippen LogP contribution in [-0.4, -0.2) is 11.1 Å². The Labute approximate surface area is 105 Å². The molecule has 1 heterocycles. The highest BCUT2D eigenvalue weighted by atomic mass is 16.5. The molecule has 2 rings (SSSR count). The van der Waals surface area contributed by atoms with Crippen LogP contribution in [0.3, 0.4) is 0 Å². The van der Waals surface area contributed by atoms with Gasteiger partial charge in [0.15, 0.2) is 11.9 Å². The van der Waals surface area contributed by atoms with Crippen LogP contribution in [0, 0.1) is 19.1 Å². The molecular formula is C14H13NO3. The molecule has 4 nitrogen and oxygen atoms in total. The van der Waals surface area contributed by atoms with Gasteiger partial charge in [0.2, 0.25) is 0 Å². The van der Waals surface area contributed by atoms with Gasteiger partial charge in [-0.15, -0.1) is 0 Å². The molecule has 92 valence electrons. The topological polar surface area (TPSA) is 64.2 Å². The van der Waals surface area contributed by atoms with Crippen molar-refractivity contribution in [3.63, 3.8) is 0 Å². The lowest BCUT2D eigenvalue weighted by atomic mass is 9.99. The van der Waals surface area contributed by atoms with E-state index in [1.54, 1.807) is 37.3 Å². The third-order valence-corrected chi connectivity index (χ3v) is 3.10. The molecule has 0 amide bonds. The van der Waals surface area contributed by atoms with E-state index in [0.29, 0.717) is 5.69 Å². The zero-order chi connectivity index (χ0) is 13.3. The number of hydrogen-bond acceptors (Lipinski definition) is 2. The van der Waals surface area contributed by atoms with Crippen molar-refractivity contribution in [1.82, 2.24) is 0 Å². The Morgan fingerprint density at radius 3 is 2.33 bits per heavy atom. The molecule has 0 aliphatic rings. The summed E-state index contributed by atoms with van der Waals surface area (Å²) >= 11 is 0. The number of carboxylic acid groups (broad SMARTS) is 1. The number of benzene rings is 1.